The number of methoxy groups -OCH3 is 1. The summed E-state index contributed by atoms with van der Waals surface area (Å²) in [7, 11) is -2.49. The van der Waals surface area contributed by atoms with E-state index in [2.05, 4.69) is 16.0 Å². The van der Waals surface area contributed by atoms with Crippen molar-refractivity contribution in [2.75, 3.05) is 46.7 Å². The Kier molecular flexibility index (Phi) is 14.1. The van der Waals surface area contributed by atoms with Gasteiger partial charge in [0.25, 0.3) is 0 Å². The fraction of sp³-hybridized carbons (Fsp3) is 0.562. The molecule has 4 N–H and O–H groups in total. The van der Waals surface area contributed by atoms with E-state index in [1.165, 1.54) is 16.4 Å². The molecule has 0 saturated carbocycles. The highest BCUT2D eigenvalue weighted by Gasteiger charge is 2.34. The van der Waals surface area contributed by atoms with Gasteiger partial charge in [-0.05, 0) is 36.0 Å². The van der Waals surface area contributed by atoms with Crippen LogP contribution in [-0.2, 0) is 30.8 Å². The number of aliphatic hydroxyl groups is 1. The number of benzene rings is 2. The van der Waals surface area contributed by atoms with Gasteiger partial charge < -0.3 is 35.3 Å². The number of nitrogens with one attached hydrogen (secondary N) is 3. The van der Waals surface area contributed by atoms with Crippen LogP contribution in [0.1, 0.15) is 39.7 Å². The van der Waals surface area contributed by atoms with Crippen LogP contribution in [-0.4, -0.2) is 94.5 Å². The average Bonchev–Trinajstić information content (AvgIpc) is 3.49. The van der Waals surface area contributed by atoms with E-state index in [0.29, 0.717) is 31.1 Å². The molecule has 0 bridgehead atoms. The third kappa shape index (κ3) is 10.7. The number of aliphatic hydroxyl groups excluding tert-OH is 1. The van der Waals surface area contributed by atoms with E-state index in [4.69, 9.17) is 14.2 Å². The first-order valence-corrected chi connectivity index (χ1v) is 16.8. The van der Waals surface area contributed by atoms with Crippen molar-refractivity contribution in [3.8, 4) is 11.5 Å². The van der Waals surface area contributed by atoms with Gasteiger partial charge in [0.1, 0.15) is 6.04 Å². The molecule has 0 aliphatic carbocycles. The maximum absolute atomic E-state index is 13.9. The molecule has 250 valence electrons. The Balaban J connectivity index is 1.84. The normalized spacial score (nSPS) is 15.5. The lowest BCUT2D eigenvalue weighted by Crippen LogP contribution is -2.57. The van der Waals surface area contributed by atoms with Crippen molar-refractivity contribution in [1.82, 2.24) is 20.3 Å². The van der Waals surface area contributed by atoms with Crippen LogP contribution >= 0.6 is 0 Å². The number of nitrogens with zero attached hydrogens (tertiary/aromatic N) is 1. The van der Waals surface area contributed by atoms with Gasteiger partial charge in [-0.25, -0.2) is 8.42 Å². The quantitative estimate of drug-likeness (QED) is 0.167. The maximum Gasteiger partial charge on any atom is 0.243 e. The first-order chi connectivity index (χ1) is 21.5. The summed E-state index contributed by atoms with van der Waals surface area (Å²) >= 11 is 0. The largest absolute Gasteiger partial charge is 0.454 e. The van der Waals surface area contributed by atoms with Crippen LogP contribution in [0.2, 0.25) is 0 Å². The monoisotopic (exact) mass is 648 g/mol. The van der Waals surface area contributed by atoms with Crippen molar-refractivity contribution in [2.45, 2.75) is 63.6 Å². The number of hydrogen-bond acceptors (Lipinski definition) is 9. The Bertz CT molecular complexity index is 1340. The molecule has 0 fully saturated rings. The third-order valence-corrected chi connectivity index (χ3v) is 9.44. The van der Waals surface area contributed by atoms with Crippen LogP contribution in [0.5, 0.6) is 11.5 Å². The van der Waals surface area contributed by atoms with Gasteiger partial charge >= 0.3 is 0 Å². The highest BCUT2D eigenvalue weighted by molar-refractivity contribution is 7.89. The molecule has 1 aliphatic heterocycles. The zero-order valence-corrected chi connectivity index (χ0v) is 27.6. The summed E-state index contributed by atoms with van der Waals surface area (Å²) in [4.78, 5) is 26.4. The number of hydrogen-bond donors (Lipinski definition) is 4. The highest BCUT2D eigenvalue weighted by Crippen LogP contribution is 2.35. The summed E-state index contributed by atoms with van der Waals surface area (Å²) in [6.45, 7) is 8.40. The molecule has 0 radical (unpaired) electrons. The standard InChI is InChI=1S/C32H48N4O8S/c1-6-23(4)31(35-30(38)18-33-14-15-42-5)32(39)34-26(16-24-10-8-7-9-11-24)27(37)20-36(19-22(2)3)45(40,41)25-12-13-28-29(17-25)44-21-43-28/h7-13,17,22-23,26-27,31,33,37H,6,14-16,18-21H2,1-5H3,(H,34,39)(H,35,38). The SMILES string of the molecule is CCC(C)C(NC(=O)CNCCOC)C(=O)NC(Cc1ccccc1)C(O)CN(CC(C)C)S(=O)(=O)c1ccc2c(c1)OCO2. The molecule has 12 nitrogen and oxygen atoms in total. The fourth-order valence-electron chi connectivity index (χ4n) is 4.93. The second-order valence-corrected chi connectivity index (χ2v) is 13.6. The molecule has 4 unspecified atom stereocenters. The first-order valence-electron chi connectivity index (χ1n) is 15.4. The zero-order chi connectivity index (χ0) is 33.0. The lowest BCUT2D eigenvalue weighted by molar-refractivity contribution is -0.131. The number of ether oxygens (including phenoxy) is 3. The summed E-state index contributed by atoms with van der Waals surface area (Å²) in [6, 6.07) is 12.0. The first kappa shape index (κ1) is 36.2. The van der Waals surface area contributed by atoms with Crippen LogP contribution in [0.4, 0.5) is 0 Å². The van der Waals surface area contributed by atoms with E-state index in [1.54, 1.807) is 13.2 Å². The molecule has 1 aliphatic rings. The Morgan fingerprint density at radius 3 is 2.40 bits per heavy atom. The minimum atomic E-state index is -4.06. The number of carbonyl (C=O) groups is 2. The molecule has 0 saturated heterocycles. The number of amides is 2. The number of sulfonamides is 1. The van der Waals surface area contributed by atoms with Crippen LogP contribution in [0, 0.1) is 11.8 Å². The van der Waals surface area contributed by atoms with Crippen molar-refractivity contribution in [3.05, 3.63) is 54.1 Å². The molecule has 3 rings (SSSR count). The molecule has 0 aromatic heterocycles. The summed E-state index contributed by atoms with van der Waals surface area (Å²) in [5.41, 5.74) is 0.849. The highest BCUT2D eigenvalue weighted by atomic mass is 32.2. The lowest BCUT2D eigenvalue weighted by Gasteiger charge is -2.32. The van der Waals surface area contributed by atoms with Crippen molar-refractivity contribution in [2.24, 2.45) is 11.8 Å². The fourth-order valence-corrected chi connectivity index (χ4v) is 6.56. The molecule has 2 aromatic rings. The molecule has 0 spiro atoms. The summed E-state index contributed by atoms with van der Waals surface area (Å²) < 4.78 is 44.7. The maximum atomic E-state index is 13.9. The Morgan fingerprint density at radius 1 is 1.02 bits per heavy atom. The Morgan fingerprint density at radius 2 is 1.73 bits per heavy atom. The van der Waals surface area contributed by atoms with Gasteiger partial charge in [-0.15, -0.1) is 0 Å². The van der Waals surface area contributed by atoms with Gasteiger partial charge in [-0.3, -0.25) is 9.59 Å². The van der Waals surface area contributed by atoms with E-state index in [9.17, 15) is 23.1 Å². The van der Waals surface area contributed by atoms with E-state index in [0.717, 1.165) is 5.56 Å². The zero-order valence-electron chi connectivity index (χ0n) is 26.8. The molecular weight excluding hydrogens is 600 g/mol. The van der Waals surface area contributed by atoms with E-state index in [1.807, 2.05) is 58.0 Å². The number of fused-ring (bicyclic) bond motifs is 1. The number of carbonyl (C=O) groups excluding carboxylic acids is 2. The predicted molar refractivity (Wildman–Crippen MR) is 170 cm³/mol. The lowest BCUT2D eigenvalue weighted by atomic mass is 9.96. The summed E-state index contributed by atoms with van der Waals surface area (Å²) in [5, 5.41) is 20.4. The van der Waals surface area contributed by atoms with Crippen molar-refractivity contribution in [1.29, 1.82) is 0 Å². The molecule has 4 atom stereocenters. The summed E-state index contributed by atoms with van der Waals surface area (Å²) in [5.74, 6) is -0.253. The topological polar surface area (TPSA) is 156 Å². The molecule has 45 heavy (non-hydrogen) atoms. The van der Waals surface area contributed by atoms with Gasteiger partial charge in [0, 0.05) is 32.8 Å². The molecular formula is C32H48N4O8S. The average molecular weight is 649 g/mol. The van der Waals surface area contributed by atoms with Crippen LogP contribution in [0.25, 0.3) is 0 Å². The van der Waals surface area contributed by atoms with Crippen LogP contribution in [0.3, 0.4) is 0 Å². The van der Waals surface area contributed by atoms with Gasteiger partial charge in [-0.1, -0.05) is 64.4 Å². The van der Waals surface area contributed by atoms with Crippen molar-refractivity contribution >= 4 is 21.8 Å². The van der Waals surface area contributed by atoms with E-state index < -0.39 is 34.1 Å². The smallest absolute Gasteiger partial charge is 0.243 e. The van der Waals surface area contributed by atoms with Gasteiger partial charge in [0.15, 0.2) is 11.5 Å². The van der Waals surface area contributed by atoms with E-state index in [-0.39, 0.29) is 55.5 Å². The van der Waals surface area contributed by atoms with Crippen LogP contribution < -0.4 is 25.4 Å². The van der Waals surface area contributed by atoms with E-state index >= 15 is 0 Å². The molecule has 13 heteroatoms. The van der Waals surface area contributed by atoms with Gasteiger partial charge in [-0.2, -0.15) is 4.31 Å². The Labute approximate surface area is 266 Å². The molecule has 2 amide bonds. The second-order valence-electron chi connectivity index (χ2n) is 11.7. The third-order valence-electron chi connectivity index (χ3n) is 7.61. The Hall–Kier alpha value is -3.23. The summed E-state index contributed by atoms with van der Waals surface area (Å²) in [6.07, 6.45) is -0.412. The minimum Gasteiger partial charge on any atom is -0.454 e. The number of rotatable bonds is 19. The predicted octanol–water partition coefficient (Wildman–Crippen LogP) is 1.92. The van der Waals surface area contributed by atoms with Gasteiger partial charge in [0.2, 0.25) is 28.6 Å². The molecule has 2 aromatic carbocycles. The molecule has 1 heterocycles. The minimum absolute atomic E-state index is 0.0105. The van der Waals surface area contributed by atoms with Gasteiger partial charge in [0.05, 0.1) is 30.2 Å². The van der Waals surface area contributed by atoms with Crippen LogP contribution in [0.15, 0.2) is 53.4 Å². The van der Waals surface area contributed by atoms with Crippen molar-refractivity contribution < 1.29 is 37.3 Å². The van der Waals surface area contributed by atoms with Crippen molar-refractivity contribution in [3.63, 3.8) is 0 Å². The second kappa shape index (κ2) is 17.5.